The Morgan fingerprint density at radius 3 is 2.07 bits per heavy atom. The lowest BCUT2D eigenvalue weighted by molar-refractivity contribution is 0.0885. The van der Waals surface area contributed by atoms with Crippen LogP contribution >= 0.6 is 0 Å². The molecular formula is C24H23NO3. The van der Waals surface area contributed by atoms with Crippen LogP contribution in [0.15, 0.2) is 65.1 Å². The van der Waals surface area contributed by atoms with Gasteiger partial charge in [-0.2, -0.15) is 0 Å². The highest BCUT2D eigenvalue weighted by Gasteiger charge is 2.34. The molecule has 3 aromatic rings. The van der Waals surface area contributed by atoms with E-state index in [1.54, 1.807) is 6.92 Å². The molecule has 1 aromatic heterocycles. The predicted octanol–water partition coefficient (Wildman–Crippen LogP) is 4.80. The van der Waals surface area contributed by atoms with Crippen LogP contribution < -0.4 is 5.32 Å². The van der Waals surface area contributed by atoms with E-state index < -0.39 is 5.54 Å². The summed E-state index contributed by atoms with van der Waals surface area (Å²) in [7, 11) is 0. The summed E-state index contributed by atoms with van der Waals surface area (Å²) in [6.45, 7) is 3.78. The Balaban J connectivity index is 1.74. The molecule has 1 aliphatic rings. The molecule has 0 saturated carbocycles. The molecule has 0 bridgehead atoms. The number of carbonyl (C=O) groups excluding carboxylic acids is 2. The van der Waals surface area contributed by atoms with Gasteiger partial charge in [0.25, 0.3) is 5.91 Å². The maximum atomic E-state index is 13.2. The summed E-state index contributed by atoms with van der Waals surface area (Å²) < 4.78 is 5.85. The average Bonchev–Trinajstić information content (AvgIpc) is 3.07. The second-order valence-corrected chi connectivity index (χ2v) is 7.44. The van der Waals surface area contributed by atoms with Crippen molar-refractivity contribution < 1.29 is 14.0 Å². The number of ketones is 1. The molecule has 28 heavy (non-hydrogen) atoms. The number of hydrogen-bond acceptors (Lipinski definition) is 3. The lowest BCUT2D eigenvalue weighted by atomic mass is 9.84. The number of Topliss-reactive ketones (excluding diaryl/α,β-unsaturated/α-hetero) is 1. The standard InChI is InChI=1S/C24H23NO3/c1-16-21-19(26)14-9-15-20(21)28-22(16)23(27)25-24(2,17-10-5-3-6-11-17)18-12-7-4-8-13-18/h3-8,10-13H,9,14-15H2,1-2H3,(H,25,27). The van der Waals surface area contributed by atoms with E-state index in [0.29, 0.717) is 29.7 Å². The van der Waals surface area contributed by atoms with Crippen LogP contribution in [0.5, 0.6) is 0 Å². The molecule has 0 aliphatic heterocycles. The molecule has 0 saturated heterocycles. The molecule has 4 nitrogen and oxygen atoms in total. The van der Waals surface area contributed by atoms with Gasteiger partial charge in [0.05, 0.1) is 11.1 Å². The van der Waals surface area contributed by atoms with Crippen LogP contribution in [0.2, 0.25) is 0 Å². The second-order valence-electron chi connectivity index (χ2n) is 7.44. The van der Waals surface area contributed by atoms with Crippen molar-refractivity contribution in [1.29, 1.82) is 0 Å². The van der Waals surface area contributed by atoms with E-state index in [4.69, 9.17) is 4.42 Å². The van der Waals surface area contributed by atoms with Crippen LogP contribution in [0.1, 0.15) is 63.1 Å². The zero-order valence-electron chi connectivity index (χ0n) is 16.1. The van der Waals surface area contributed by atoms with Gasteiger partial charge < -0.3 is 9.73 Å². The molecule has 0 fully saturated rings. The first-order valence-corrected chi connectivity index (χ1v) is 9.59. The zero-order valence-corrected chi connectivity index (χ0v) is 16.1. The number of nitrogens with one attached hydrogen (secondary N) is 1. The summed E-state index contributed by atoms with van der Waals surface area (Å²) in [5.41, 5.74) is 2.45. The second kappa shape index (κ2) is 7.12. The summed E-state index contributed by atoms with van der Waals surface area (Å²) >= 11 is 0. The van der Waals surface area contributed by atoms with Crippen molar-refractivity contribution in [2.75, 3.05) is 0 Å². The van der Waals surface area contributed by atoms with Crippen LogP contribution in [0.25, 0.3) is 0 Å². The Morgan fingerprint density at radius 1 is 0.964 bits per heavy atom. The summed E-state index contributed by atoms with van der Waals surface area (Å²) in [6.07, 6.45) is 1.98. The molecular weight excluding hydrogens is 350 g/mol. The van der Waals surface area contributed by atoms with Gasteiger partial charge in [0.2, 0.25) is 0 Å². The lowest BCUT2D eigenvalue weighted by Gasteiger charge is -2.32. The summed E-state index contributed by atoms with van der Waals surface area (Å²) in [5, 5.41) is 3.16. The molecule has 142 valence electrons. The lowest BCUT2D eigenvalue weighted by Crippen LogP contribution is -2.44. The van der Waals surface area contributed by atoms with Crippen LogP contribution in [0.4, 0.5) is 0 Å². The Labute approximate surface area is 164 Å². The minimum absolute atomic E-state index is 0.0652. The average molecular weight is 373 g/mol. The first-order chi connectivity index (χ1) is 13.5. The largest absolute Gasteiger partial charge is 0.455 e. The first-order valence-electron chi connectivity index (χ1n) is 9.59. The van der Waals surface area contributed by atoms with Gasteiger partial charge in [-0.1, -0.05) is 60.7 Å². The topological polar surface area (TPSA) is 59.3 Å². The quantitative estimate of drug-likeness (QED) is 0.715. The fraction of sp³-hybridized carbons (Fsp3) is 0.250. The maximum absolute atomic E-state index is 13.2. The van der Waals surface area contributed by atoms with Crippen molar-refractivity contribution in [3.8, 4) is 0 Å². The minimum Gasteiger partial charge on any atom is -0.455 e. The fourth-order valence-corrected chi connectivity index (χ4v) is 4.00. The zero-order chi connectivity index (χ0) is 19.7. The first kappa shape index (κ1) is 18.2. The fourth-order valence-electron chi connectivity index (χ4n) is 4.00. The SMILES string of the molecule is Cc1c(C(=O)NC(C)(c2ccccc2)c2ccccc2)oc2c1C(=O)CCC2. The molecule has 0 atom stereocenters. The molecule has 1 aliphatic carbocycles. The highest BCUT2D eigenvalue weighted by Crippen LogP contribution is 2.32. The van der Waals surface area contributed by atoms with Gasteiger partial charge in [0, 0.05) is 18.4 Å². The summed E-state index contributed by atoms with van der Waals surface area (Å²) in [5.74, 6) is 0.628. The van der Waals surface area contributed by atoms with E-state index in [1.807, 2.05) is 67.6 Å². The molecule has 2 aromatic carbocycles. The number of hydrogen-bond donors (Lipinski definition) is 1. The van der Waals surface area contributed by atoms with E-state index in [0.717, 1.165) is 17.5 Å². The predicted molar refractivity (Wildman–Crippen MR) is 108 cm³/mol. The van der Waals surface area contributed by atoms with Crippen molar-refractivity contribution in [2.24, 2.45) is 0 Å². The van der Waals surface area contributed by atoms with Crippen LogP contribution in [0.3, 0.4) is 0 Å². The Morgan fingerprint density at radius 2 is 1.54 bits per heavy atom. The van der Waals surface area contributed by atoms with E-state index in [-0.39, 0.29) is 17.5 Å². The van der Waals surface area contributed by atoms with E-state index in [2.05, 4.69) is 5.32 Å². The number of carbonyl (C=O) groups is 2. The smallest absolute Gasteiger partial charge is 0.288 e. The summed E-state index contributed by atoms with van der Waals surface area (Å²) in [4.78, 5) is 25.5. The molecule has 0 radical (unpaired) electrons. The van der Waals surface area contributed by atoms with Crippen LogP contribution in [-0.4, -0.2) is 11.7 Å². The molecule has 1 heterocycles. The van der Waals surface area contributed by atoms with Gasteiger partial charge in [-0.3, -0.25) is 9.59 Å². The Hall–Kier alpha value is -3.14. The van der Waals surface area contributed by atoms with Gasteiger partial charge in [0.15, 0.2) is 11.5 Å². The minimum atomic E-state index is -0.733. The highest BCUT2D eigenvalue weighted by molar-refractivity contribution is 6.03. The third-order valence-corrected chi connectivity index (χ3v) is 5.58. The number of fused-ring (bicyclic) bond motifs is 1. The van der Waals surface area contributed by atoms with Crippen LogP contribution in [0, 0.1) is 6.92 Å². The van der Waals surface area contributed by atoms with E-state index in [1.165, 1.54) is 0 Å². The molecule has 4 rings (SSSR count). The van der Waals surface area contributed by atoms with Gasteiger partial charge in [-0.05, 0) is 31.4 Å². The number of rotatable bonds is 4. The van der Waals surface area contributed by atoms with Crippen LogP contribution in [-0.2, 0) is 12.0 Å². The van der Waals surface area contributed by atoms with Crippen molar-refractivity contribution in [3.05, 3.63) is 94.4 Å². The Bertz CT molecular complexity index is 979. The van der Waals surface area contributed by atoms with Crippen molar-refractivity contribution in [3.63, 3.8) is 0 Å². The highest BCUT2D eigenvalue weighted by atomic mass is 16.4. The summed E-state index contributed by atoms with van der Waals surface area (Å²) in [6, 6.07) is 19.7. The number of aryl methyl sites for hydroxylation is 1. The van der Waals surface area contributed by atoms with Gasteiger partial charge >= 0.3 is 0 Å². The molecule has 0 spiro atoms. The van der Waals surface area contributed by atoms with Crippen molar-refractivity contribution in [1.82, 2.24) is 5.32 Å². The van der Waals surface area contributed by atoms with Gasteiger partial charge in [0.1, 0.15) is 5.76 Å². The molecule has 1 N–H and O–H groups in total. The van der Waals surface area contributed by atoms with Crippen molar-refractivity contribution >= 4 is 11.7 Å². The van der Waals surface area contributed by atoms with Gasteiger partial charge in [-0.25, -0.2) is 0 Å². The van der Waals surface area contributed by atoms with Gasteiger partial charge in [-0.15, -0.1) is 0 Å². The maximum Gasteiger partial charge on any atom is 0.288 e. The van der Waals surface area contributed by atoms with E-state index in [9.17, 15) is 9.59 Å². The third kappa shape index (κ3) is 3.05. The molecule has 0 unspecified atom stereocenters. The molecule has 4 heteroatoms. The number of benzene rings is 2. The normalized spacial score (nSPS) is 13.9. The van der Waals surface area contributed by atoms with Crippen molar-refractivity contribution in [2.45, 2.75) is 38.6 Å². The molecule has 1 amide bonds. The monoisotopic (exact) mass is 373 g/mol. The number of amides is 1. The Kier molecular flexibility index (Phi) is 4.63. The van der Waals surface area contributed by atoms with E-state index >= 15 is 0 Å². The number of furan rings is 1. The third-order valence-electron chi connectivity index (χ3n) is 5.58.